The molecule has 1 atom stereocenters. The van der Waals surface area contributed by atoms with Gasteiger partial charge in [0.25, 0.3) is 10.0 Å². The molecule has 0 aliphatic carbocycles. The summed E-state index contributed by atoms with van der Waals surface area (Å²) in [6.07, 6.45) is 0.00612. The Bertz CT molecular complexity index is 1380. The second kappa shape index (κ2) is 10.9. The third kappa shape index (κ3) is 6.29. The number of hydrogen-bond acceptors (Lipinski definition) is 10. The van der Waals surface area contributed by atoms with Gasteiger partial charge in [0.2, 0.25) is 0 Å². The predicted octanol–water partition coefficient (Wildman–Crippen LogP) is 3.08. The highest BCUT2D eigenvalue weighted by Crippen LogP contribution is 2.39. The van der Waals surface area contributed by atoms with Gasteiger partial charge in [0.05, 0.1) is 32.3 Å². The van der Waals surface area contributed by atoms with Gasteiger partial charge in [0, 0.05) is 11.6 Å². The molecule has 1 heterocycles. The van der Waals surface area contributed by atoms with Gasteiger partial charge in [-0.15, -0.1) is 11.3 Å². The Morgan fingerprint density at radius 3 is 2.53 bits per heavy atom. The van der Waals surface area contributed by atoms with E-state index in [2.05, 4.69) is 4.98 Å². The molecule has 0 fully saturated rings. The van der Waals surface area contributed by atoms with Crippen molar-refractivity contribution in [1.29, 1.82) is 5.26 Å². The lowest BCUT2D eigenvalue weighted by Gasteiger charge is -2.24. The zero-order valence-corrected chi connectivity index (χ0v) is 20.7. The van der Waals surface area contributed by atoms with Crippen molar-refractivity contribution in [2.75, 3.05) is 20.5 Å². The number of ether oxygens (including phenoxy) is 2. The predicted molar refractivity (Wildman–Crippen MR) is 121 cm³/mol. The summed E-state index contributed by atoms with van der Waals surface area (Å²) < 4.78 is 67.7. The van der Waals surface area contributed by atoms with Crippen molar-refractivity contribution in [3.8, 4) is 33.9 Å². The molecule has 0 saturated carbocycles. The maximum Gasteiger partial charge on any atom is 0.252 e. The van der Waals surface area contributed by atoms with Gasteiger partial charge in [-0.3, -0.25) is 4.57 Å². The van der Waals surface area contributed by atoms with Gasteiger partial charge in [-0.25, -0.2) is 22.5 Å². The average molecular weight is 530 g/mol. The largest absolute Gasteiger partial charge is 0.768 e. The number of hydrogen-bond donors (Lipinski definition) is 2. The Morgan fingerprint density at radius 1 is 1.21 bits per heavy atom. The number of nitriles is 1. The molecule has 0 bridgehead atoms. The van der Waals surface area contributed by atoms with Crippen LogP contribution in [0, 0.1) is 17.1 Å². The van der Waals surface area contributed by atoms with Crippen LogP contribution in [0.4, 0.5) is 4.39 Å². The fourth-order valence-electron chi connectivity index (χ4n) is 2.56. The standard InChI is InChI=1S/C19H17FN3O7PS2.H3N/c1-28-16-6-4-12(7-17(16)29-2)19-22-10-18(32-19)33(26,27)23-11-31(24,25)30-14-5-3-13(9-21)15(20)8-14;/h3-8,10,23H,11H2,1-2H3,(H,24,25);1H3. The second-order valence-electron chi connectivity index (χ2n) is 6.32. The number of quaternary nitrogens is 1. The van der Waals surface area contributed by atoms with Crippen LogP contribution >= 0.6 is 18.9 Å². The molecule has 34 heavy (non-hydrogen) atoms. The normalized spacial score (nSPS) is 12.7. The van der Waals surface area contributed by atoms with Crippen molar-refractivity contribution in [3.05, 3.63) is 54.0 Å². The third-order valence-corrected chi connectivity index (χ3v) is 8.29. The number of halogens is 1. The van der Waals surface area contributed by atoms with Gasteiger partial charge in [-0.2, -0.15) is 5.26 Å². The highest BCUT2D eigenvalue weighted by molar-refractivity contribution is 7.91. The Kier molecular flexibility index (Phi) is 8.73. The topological polar surface area (TPSA) is 187 Å². The van der Waals surface area contributed by atoms with Gasteiger partial charge in [-0.1, -0.05) is 0 Å². The molecule has 1 unspecified atom stereocenters. The lowest BCUT2D eigenvalue weighted by Crippen LogP contribution is -2.28. The van der Waals surface area contributed by atoms with Crippen LogP contribution in [0.1, 0.15) is 5.56 Å². The van der Waals surface area contributed by atoms with Crippen LogP contribution < -0.4 is 29.8 Å². The molecule has 0 aliphatic heterocycles. The van der Waals surface area contributed by atoms with Crippen molar-refractivity contribution in [1.82, 2.24) is 15.9 Å². The number of benzene rings is 2. The van der Waals surface area contributed by atoms with Crippen molar-refractivity contribution in [2.24, 2.45) is 0 Å². The SMILES string of the molecule is COc1ccc(-c2ncc(S(=O)(=O)NCP(=O)([O-])Oc3ccc(C#N)c(F)c3)s2)cc1OC.[NH4+]. The first-order valence-electron chi connectivity index (χ1n) is 8.96. The van der Waals surface area contributed by atoms with E-state index in [4.69, 9.17) is 19.3 Å². The zero-order valence-electron chi connectivity index (χ0n) is 18.1. The lowest BCUT2D eigenvalue weighted by atomic mass is 10.2. The smallest absolute Gasteiger partial charge is 0.252 e. The Balaban J connectivity index is 0.00000408. The van der Waals surface area contributed by atoms with E-state index < -0.39 is 35.5 Å². The fraction of sp³-hybridized carbons (Fsp3) is 0.158. The van der Waals surface area contributed by atoms with E-state index >= 15 is 0 Å². The van der Waals surface area contributed by atoms with Crippen LogP contribution in [0.3, 0.4) is 0 Å². The molecule has 182 valence electrons. The maximum atomic E-state index is 13.6. The fourth-order valence-corrected chi connectivity index (χ4v) is 6.20. The van der Waals surface area contributed by atoms with Gasteiger partial charge >= 0.3 is 0 Å². The summed E-state index contributed by atoms with van der Waals surface area (Å²) in [6.45, 7) is 0. The van der Waals surface area contributed by atoms with E-state index in [1.54, 1.807) is 24.3 Å². The summed E-state index contributed by atoms with van der Waals surface area (Å²) in [5.41, 5.74) is 0.277. The molecule has 0 saturated heterocycles. The van der Waals surface area contributed by atoms with Crippen LogP contribution in [-0.4, -0.2) is 33.9 Å². The van der Waals surface area contributed by atoms with Crippen LogP contribution in [0.2, 0.25) is 0 Å². The summed E-state index contributed by atoms with van der Waals surface area (Å²) in [5.74, 6) is -0.447. The van der Waals surface area contributed by atoms with E-state index in [0.717, 1.165) is 35.7 Å². The number of thiazole rings is 1. The van der Waals surface area contributed by atoms with E-state index in [-0.39, 0.29) is 15.9 Å². The van der Waals surface area contributed by atoms with Gasteiger partial charge < -0.3 is 25.0 Å². The van der Waals surface area contributed by atoms with Crippen molar-refractivity contribution < 1.29 is 36.3 Å². The Morgan fingerprint density at radius 2 is 1.91 bits per heavy atom. The second-order valence-corrected chi connectivity index (χ2v) is 11.1. The van der Waals surface area contributed by atoms with E-state index in [0.29, 0.717) is 22.1 Å². The molecule has 0 amide bonds. The number of nitrogens with zero attached hydrogens (tertiary/aromatic N) is 2. The lowest BCUT2D eigenvalue weighted by molar-refractivity contribution is -0.191. The highest BCUT2D eigenvalue weighted by atomic mass is 32.2. The van der Waals surface area contributed by atoms with Crippen LogP contribution in [-0.2, 0) is 14.6 Å². The number of nitrogens with one attached hydrogen (secondary N) is 1. The van der Waals surface area contributed by atoms with Crippen molar-refractivity contribution in [3.63, 3.8) is 0 Å². The highest BCUT2D eigenvalue weighted by Gasteiger charge is 2.22. The summed E-state index contributed by atoms with van der Waals surface area (Å²) in [7, 11) is -6.08. The quantitative estimate of drug-likeness (QED) is 0.392. The average Bonchev–Trinajstić information content (AvgIpc) is 3.29. The Hall–Kier alpha value is -3.05. The number of methoxy groups -OCH3 is 2. The molecule has 3 rings (SSSR count). The molecule has 0 radical (unpaired) electrons. The first kappa shape index (κ1) is 27.2. The Labute approximate surface area is 198 Å². The van der Waals surface area contributed by atoms with E-state index in [1.165, 1.54) is 14.2 Å². The molecule has 11 nitrogen and oxygen atoms in total. The summed E-state index contributed by atoms with van der Waals surface area (Å²) >= 11 is 0.815. The maximum absolute atomic E-state index is 13.6. The molecule has 3 aromatic rings. The number of rotatable bonds is 9. The minimum Gasteiger partial charge on any atom is -0.768 e. The molecular weight excluding hydrogens is 510 g/mol. The molecule has 2 aromatic carbocycles. The summed E-state index contributed by atoms with van der Waals surface area (Å²) in [5, 5.41) is 9.06. The van der Waals surface area contributed by atoms with E-state index in [1.807, 2.05) is 4.72 Å². The van der Waals surface area contributed by atoms with Crippen LogP contribution in [0.5, 0.6) is 17.2 Å². The van der Waals surface area contributed by atoms with E-state index in [9.17, 15) is 22.3 Å². The first-order chi connectivity index (χ1) is 15.6. The molecule has 1 aromatic heterocycles. The van der Waals surface area contributed by atoms with Gasteiger partial charge in [-0.05, 0) is 30.3 Å². The molecule has 5 N–H and O–H groups in total. The van der Waals surface area contributed by atoms with Crippen molar-refractivity contribution in [2.45, 2.75) is 4.21 Å². The summed E-state index contributed by atoms with van der Waals surface area (Å²) in [4.78, 5) is 16.2. The third-order valence-electron chi connectivity index (χ3n) is 4.13. The summed E-state index contributed by atoms with van der Waals surface area (Å²) in [6, 6.07) is 9.36. The minimum atomic E-state index is -4.78. The number of sulfonamides is 1. The number of aromatic nitrogens is 1. The molecule has 15 heteroatoms. The van der Waals surface area contributed by atoms with Gasteiger partial charge in [0.1, 0.15) is 22.6 Å². The minimum absolute atomic E-state index is 0. The van der Waals surface area contributed by atoms with Gasteiger partial charge in [0.15, 0.2) is 23.3 Å². The zero-order chi connectivity index (χ0) is 24.2. The molecule has 0 spiro atoms. The van der Waals surface area contributed by atoms with Crippen LogP contribution in [0.25, 0.3) is 10.6 Å². The van der Waals surface area contributed by atoms with Crippen LogP contribution in [0.15, 0.2) is 46.8 Å². The monoisotopic (exact) mass is 530 g/mol. The molecule has 0 aliphatic rings. The first-order valence-corrected chi connectivity index (χ1v) is 13.0. The van der Waals surface area contributed by atoms with Crippen molar-refractivity contribution >= 4 is 29.0 Å². The molecular formula is C19H20FN4O7PS2.